The number of fused-ring (bicyclic) bond motifs is 1. The highest BCUT2D eigenvalue weighted by molar-refractivity contribution is 7.99. The molecule has 0 spiro atoms. The van der Waals surface area contributed by atoms with E-state index >= 15 is 0 Å². The van der Waals surface area contributed by atoms with Crippen molar-refractivity contribution in [2.24, 2.45) is 0 Å². The van der Waals surface area contributed by atoms with Crippen molar-refractivity contribution in [3.8, 4) is 11.3 Å². The van der Waals surface area contributed by atoms with E-state index in [1.807, 2.05) is 0 Å². The van der Waals surface area contributed by atoms with E-state index in [1.54, 1.807) is 30.1 Å². The standard InChI is InChI=1S/C14H11FN4S/c1-2-20-14-12-13(17-8-18-14)16-7-11(19-12)9-3-5-10(15)6-4-9/h3-8H,2H2,1H3. The molecule has 0 radical (unpaired) electrons. The maximum atomic E-state index is 13.0. The number of thioether (sulfide) groups is 1. The van der Waals surface area contributed by atoms with E-state index in [1.165, 1.54) is 18.5 Å². The number of halogens is 1. The van der Waals surface area contributed by atoms with Crippen molar-refractivity contribution in [2.45, 2.75) is 11.9 Å². The van der Waals surface area contributed by atoms with Crippen molar-refractivity contribution in [2.75, 3.05) is 5.75 Å². The molecule has 0 fully saturated rings. The Morgan fingerprint density at radius 3 is 2.65 bits per heavy atom. The van der Waals surface area contributed by atoms with Gasteiger partial charge in [0.1, 0.15) is 22.7 Å². The molecule has 3 aromatic rings. The van der Waals surface area contributed by atoms with Gasteiger partial charge in [-0.15, -0.1) is 11.8 Å². The third-order valence-corrected chi connectivity index (χ3v) is 3.59. The molecule has 0 unspecified atom stereocenters. The Kier molecular flexibility index (Phi) is 3.56. The number of benzene rings is 1. The van der Waals surface area contributed by atoms with E-state index in [9.17, 15) is 4.39 Å². The first-order valence-corrected chi connectivity index (χ1v) is 7.13. The first kappa shape index (κ1) is 12.9. The van der Waals surface area contributed by atoms with Gasteiger partial charge in [0.2, 0.25) is 0 Å². The molecule has 2 aromatic heterocycles. The second-order valence-electron chi connectivity index (χ2n) is 4.05. The molecule has 0 saturated carbocycles. The SMILES string of the molecule is CCSc1ncnc2ncc(-c3ccc(F)cc3)nc12. The van der Waals surface area contributed by atoms with Crippen molar-refractivity contribution < 1.29 is 4.39 Å². The van der Waals surface area contributed by atoms with Crippen molar-refractivity contribution in [1.82, 2.24) is 19.9 Å². The summed E-state index contributed by atoms with van der Waals surface area (Å²) in [5.41, 5.74) is 2.75. The Hall–Kier alpha value is -2.08. The maximum absolute atomic E-state index is 13.0. The number of nitrogens with zero attached hydrogens (tertiary/aromatic N) is 4. The van der Waals surface area contributed by atoms with Gasteiger partial charge < -0.3 is 0 Å². The number of rotatable bonds is 3. The largest absolute Gasteiger partial charge is 0.240 e. The molecule has 0 aliphatic carbocycles. The summed E-state index contributed by atoms with van der Waals surface area (Å²) in [6, 6.07) is 6.18. The van der Waals surface area contributed by atoms with Crippen molar-refractivity contribution in [3.63, 3.8) is 0 Å². The molecular weight excluding hydrogens is 275 g/mol. The molecule has 6 heteroatoms. The Morgan fingerprint density at radius 2 is 1.90 bits per heavy atom. The summed E-state index contributed by atoms with van der Waals surface area (Å²) in [5, 5.41) is 0.814. The summed E-state index contributed by atoms with van der Waals surface area (Å²) in [7, 11) is 0. The highest BCUT2D eigenvalue weighted by atomic mass is 32.2. The molecule has 0 N–H and O–H groups in total. The van der Waals surface area contributed by atoms with Gasteiger partial charge in [0.15, 0.2) is 5.65 Å². The van der Waals surface area contributed by atoms with Gasteiger partial charge in [-0.25, -0.2) is 24.3 Å². The van der Waals surface area contributed by atoms with Gasteiger partial charge in [-0.3, -0.25) is 0 Å². The molecule has 0 atom stereocenters. The molecule has 20 heavy (non-hydrogen) atoms. The van der Waals surface area contributed by atoms with Crippen LogP contribution in [0, 0.1) is 5.82 Å². The van der Waals surface area contributed by atoms with Crippen LogP contribution in [0.1, 0.15) is 6.92 Å². The average Bonchev–Trinajstić information content (AvgIpc) is 2.48. The molecule has 0 aliphatic rings. The van der Waals surface area contributed by atoms with E-state index < -0.39 is 0 Å². The Morgan fingerprint density at radius 1 is 1.10 bits per heavy atom. The molecule has 4 nitrogen and oxygen atoms in total. The highest BCUT2D eigenvalue weighted by Crippen LogP contribution is 2.24. The van der Waals surface area contributed by atoms with E-state index in [4.69, 9.17) is 0 Å². The maximum Gasteiger partial charge on any atom is 0.182 e. The van der Waals surface area contributed by atoms with Crippen LogP contribution in [0.4, 0.5) is 4.39 Å². The van der Waals surface area contributed by atoms with Crippen molar-refractivity contribution >= 4 is 22.9 Å². The smallest absolute Gasteiger partial charge is 0.182 e. The molecule has 1 aromatic carbocycles. The third-order valence-electron chi connectivity index (χ3n) is 2.73. The van der Waals surface area contributed by atoms with Gasteiger partial charge in [-0.1, -0.05) is 6.92 Å². The van der Waals surface area contributed by atoms with Crippen LogP contribution >= 0.6 is 11.8 Å². The van der Waals surface area contributed by atoms with Crippen LogP contribution < -0.4 is 0 Å². The third kappa shape index (κ3) is 2.46. The topological polar surface area (TPSA) is 51.6 Å². The van der Waals surface area contributed by atoms with E-state index in [2.05, 4.69) is 26.9 Å². The van der Waals surface area contributed by atoms with Crippen LogP contribution in [0.2, 0.25) is 0 Å². The first-order chi connectivity index (χ1) is 9.78. The number of hydrogen-bond acceptors (Lipinski definition) is 5. The zero-order valence-corrected chi connectivity index (χ0v) is 11.6. The fourth-order valence-electron chi connectivity index (χ4n) is 1.82. The lowest BCUT2D eigenvalue weighted by molar-refractivity contribution is 0.628. The Bertz CT molecular complexity index is 746. The van der Waals surface area contributed by atoms with Crippen LogP contribution in [0.15, 0.2) is 41.8 Å². The molecular formula is C14H11FN4S. The van der Waals surface area contributed by atoms with Gasteiger partial charge in [-0.2, -0.15) is 0 Å². The van der Waals surface area contributed by atoms with Crippen LogP contribution in [0.25, 0.3) is 22.4 Å². The van der Waals surface area contributed by atoms with Gasteiger partial charge in [0.05, 0.1) is 11.9 Å². The predicted molar refractivity (Wildman–Crippen MR) is 76.9 cm³/mol. The Labute approximate surface area is 119 Å². The van der Waals surface area contributed by atoms with E-state index in [-0.39, 0.29) is 5.82 Å². The summed E-state index contributed by atoms with van der Waals surface area (Å²) >= 11 is 1.60. The van der Waals surface area contributed by atoms with Crippen LogP contribution in [-0.4, -0.2) is 25.7 Å². The zero-order valence-electron chi connectivity index (χ0n) is 10.7. The predicted octanol–water partition coefficient (Wildman–Crippen LogP) is 3.34. The van der Waals surface area contributed by atoms with Gasteiger partial charge in [0, 0.05) is 5.56 Å². The van der Waals surface area contributed by atoms with E-state index in [0.717, 1.165) is 16.3 Å². The molecule has 100 valence electrons. The highest BCUT2D eigenvalue weighted by Gasteiger charge is 2.09. The summed E-state index contributed by atoms with van der Waals surface area (Å²) in [5.74, 6) is 0.627. The van der Waals surface area contributed by atoms with Crippen LogP contribution in [0.5, 0.6) is 0 Å². The molecule has 0 aliphatic heterocycles. The summed E-state index contributed by atoms with van der Waals surface area (Å²) in [6.07, 6.45) is 3.13. The lowest BCUT2D eigenvalue weighted by atomic mass is 10.1. The number of hydrogen-bond donors (Lipinski definition) is 0. The van der Waals surface area contributed by atoms with Gasteiger partial charge in [0.25, 0.3) is 0 Å². The lowest BCUT2D eigenvalue weighted by Crippen LogP contribution is -1.95. The van der Waals surface area contributed by atoms with Crippen LogP contribution in [0.3, 0.4) is 0 Å². The van der Waals surface area contributed by atoms with Gasteiger partial charge >= 0.3 is 0 Å². The second kappa shape index (κ2) is 5.50. The summed E-state index contributed by atoms with van der Waals surface area (Å²) < 4.78 is 13.0. The minimum absolute atomic E-state index is 0.270. The minimum Gasteiger partial charge on any atom is -0.240 e. The monoisotopic (exact) mass is 286 g/mol. The molecule has 0 saturated heterocycles. The molecule has 3 rings (SSSR count). The minimum atomic E-state index is -0.270. The normalized spacial score (nSPS) is 10.9. The zero-order chi connectivity index (χ0) is 13.9. The first-order valence-electron chi connectivity index (χ1n) is 6.14. The fourth-order valence-corrected chi connectivity index (χ4v) is 2.49. The molecule has 0 bridgehead atoms. The van der Waals surface area contributed by atoms with Crippen molar-refractivity contribution in [3.05, 3.63) is 42.6 Å². The molecule has 0 amide bonds. The number of aromatic nitrogens is 4. The van der Waals surface area contributed by atoms with Crippen LogP contribution in [-0.2, 0) is 0 Å². The lowest BCUT2D eigenvalue weighted by Gasteiger charge is -2.05. The van der Waals surface area contributed by atoms with Crippen molar-refractivity contribution in [1.29, 1.82) is 0 Å². The fraction of sp³-hybridized carbons (Fsp3) is 0.143. The Balaban J connectivity index is 2.13. The molecule has 2 heterocycles. The van der Waals surface area contributed by atoms with Gasteiger partial charge in [-0.05, 0) is 30.0 Å². The average molecular weight is 286 g/mol. The quantitative estimate of drug-likeness (QED) is 0.546. The second-order valence-corrected chi connectivity index (χ2v) is 5.30. The summed E-state index contributed by atoms with van der Waals surface area (Å²) in [6.45, 7) is 2.05. The van der Waals surface area contributed by atoms with E-state index in [0.29, 0.717) is 16.9 Å². The summed E-state index contributed by atoms with van der Waals surface area (Å²) in [4.78, 5) is 17.2.